The molecule has 6 rings (SSSR count). The number of aromatic nitrogens is 5. The predicted molar refractivity (Wildman–Crippen MR) is 142 cm³/mol. The zero-order chi connectivity index (χ0) is 24.6. The fourth-order valence-corrected chi connectivity index (χ4v) is 6.15. The predicted octanol–water partition coefficient (Wildman–Crippen LogP) is 6.19. The van der Waals surface area contributed by atoms with Crippen LogP contribution in [0.5, 0.6) is 0 Å². The van der Waals surface area contributed by atoms with E-state index in [1.807, 2.05) is 43.3 Å². The molecule has 1 amide bonds. The van der Waals surface area contributed by atoms with Crippen molar-refractivity contribution in [3.05, 3.63) is 69.4 Å². The molecule has 0 aliphatic heterocycles. The first-order chi connectivity index (χ1) is 17.5. The Morgan fingerprint density at radius 3 is 2.81 bits per heavy atom. The Bertz CT molecular complexity index is 1540. The van der Waals surface area contributed by atoms with E-state index in [0.717, 1.165) is 57.8 Å². The number of amides is 1. The lowest BCUT2D eigenvalue weighted by molar-refractivity contribution is 0.0925. The molecule has 0 aromatic carbocycles. The van der Waals surface area contributed by atoms with Gasteiger partial charge in [0.15, 0.2) is 5.82 Å². The molecular weight excluding hydrogens is 540 g/mol. The fraction of sp³-hybridized carbons (Fsp3) is 0.269. The van der Waals surface area contributed by atoms with Crippen molar-refractivity contribution in [2.24, 2.45) is 0 Å². The quantitative estimate of drug-likeness (QED) is 0.274. The highest BCUT2D eigenvalue weighted by Crippen LogP contribution is 2.36. The lowest BCUT2D eigenvalue weighted by Crippen LogP contribution is -2.38. The van der Waals surface area contributed by atoms with Crippen molar-refractivity contribution in [1.29, 1.82) is 0 Å². The van der Waals surface area contributed by atoms with Crippen LogP contribution in [0.3, 0.4) is 0 Å². The van der Waals surface area contributed by atoms with Gasteiger partial charge in [-0.25, -0.2) is 15.0 Å². The van der Waals surface area contributed by atoms with Gasteiger partial charge in [0.2, 0.25) is 5.89 Å². The molecule has 1 saturated carbocycles. The molecule has 0 bridgehead atoms. The first-order valence-electron chi connectivity index (χ1n) is 11.8. The molecule has 0 saturated heterocycles. The van der Waals surface area contributed by atoms with Crippen LogP contribution in [0.15, 0.2) is 63.2 Å². The van der Waals surface area contributed by atoms with Crippen LogP contribution in [-0.2, 0) is 0 Å². The molecule has 10 heteroatoms. The molecule has 5 aromatic heterocycles. The van der Waals surface area contributed by atoms with Crippen LogP contribution in [0.4, 0.5) is 0 Å². The minimum Gasteiger partial charge on any atom is -0.440 e. The second-order valence-electron chi connectivity index (χ2n) is 8.95. The number of imidazole rings is 1. The Balaban J connectivity index is 1.38. The van der Waals surface area contributed by atoms with Crippen LogP contribution in [0, 0.1) is 6.92 Å². The number of oxazole rings is 1. The van der Waals surface area contributed by atoms with E-state index in [2.05, 4.69) is 40.8 Å². The van der Waals surface area contributed by atoms with E-state index in [-0.39, 0.29) is 18.0 Å². The second kappa shape index (κ2) is 9.59. The van der Waals surface area contributed by atoms with Gasteiger partial charge in [-0.3, -0.25) is 9.78 Å². The van der Waals surface area contributed by atoms with Crippen LogP contribution in [0.1, 0.15) is 47.2 Å². The third kappa shape index (κ3) is 4.46. The number of thiophene rings is 1. The average Bonchev–Trinajstić information content (AvgIpc) is 3.62. The Morgan fingerprint density at radius 2 is 2.06 bits per heavy atom. The molecule has 1 aliphatic carbocycles. The van der Waals surface area contributed by atoms with E-state index in [1.165, 1.54) is 11.3 Å². The van der Waals surface area contributed by atoms with Crippen molar-refractivity contribution in [3.63, 3.8) is 0 Å². The highest BCUT2D eigenvalue weighted by molar-refractivity contribution is 9.11. The van der Waals surface area contributed by atoms with Crippen molar-refractivity contribution >= 4 is 44.2 Å². The molecule has 0 spiro atoms. The number of hydrogen-bond acceptors (Lipinski definition) is 7. The molecule has 5 aromatic rings. The van der Waals surface area contributed by atoms with Gasteiger partial charge in [0.05, 0.1) is 26.6 Å². The normalized spacial score (nSPS) is 17.9. The van der Waals surface area contributed by atoms with Crippen LogP contribution >= 0.6 is 27.3 Å². The SMILES string of the molecule is Cc1cnc(-c2cc3c(cn2)nc(-c2ccccn2)n3[C@@H]2CCC[C@H](NC(=O)c3ccc(Br)s3)C2)o1. The summed E-state index contributed by atoms with van der Waals surface area (Å²) in [7, 11) is 0. The third-order valence-corrected chi connectivity index (χ3v) is 8.08. The summed E-state index contributed by atoms with van der Waals surface area (Å²) in [5.74, 6) is 1.99. The minimum absolute atomic E-state index is 0.0254. The van der Waals surface area contributed by atoms with E-state index >= 15 is 0 Å². The Hall–Kier alpha value is -3.37. The van der Waals surface area contributed by atoms with Gasteiger partial charge >= 0.3 is 0 Å². The van der Waals surface area contributed by atoms with Crippen LogP contribution in [0.25, 0.3) is 34.1 Å². The molecule has 182 valence electrons. The monoisotopic (exact) mass is 562 g/mol. The highest BCUT2D eigenvalue weighted by Gasteiger charge is 2.29. The molecule has 8 nitrogen and oxygen atoms in total. The fourth-order valence-electron chi connectivity index (χ4n) is 4.86. The first-order valence-corrected chi connectivity index (χ1v) is 13.4. The van der Waals surface area contributed by atoms with Crippen LogP contribution < -0.4 is 5.32 Å². The van der Waals surface area contributed by atoms with Crippen molar-refractivity contribution in [3.8, 4) is 23.1 Å². The van der Waals surface area contributed by atoms with Gasteiger partial charge in [0, 0.05) is 18.3 Å². The zero-order valence-electron chi connectivity index (χ0n) is 19.5. The average molecular weight is 563 g/mol. The standard InChI is InChI=1S/C26H23BrN6O2S/c1-15-13-30-26(35-15)19-12-21-20(14-29-19)32-24(18-7-2-3-10-28-18)33(21)17-6-4-5-16(11-17)31-25(34)22-8-9-23(27)36-22/h2-3,7-10,12-14,16-17H,4-6,11H2,1H3,(H,31,34)/t16-,17+/m0/s1. The summed E-state index contributed by atoms with van der Waals surface area (Å²) in [4.78, 5) is 32.0. The molecular formula is C26H23BrN6O2S. The van der Waals surface area contributed by atoms with E-state index in [0.29, 0.717) is 16.5 Å². The molecule has 2 atom stereocenters. The van der Waals surface area contributed by atoms with E-state index < -0.39 is 0 Å². The van der Waals surface area contributed by atoms with Gasteiger partial charge < -0.3 is 14.3 Å². The van der Waals surface area contributed by atoms with Crippen molar-refractivity contribution in [1.82, 2.24) is 29.8 Å². The van der Waals surface area contributed by atoms with Crippen LogP contribution in [0.2, 0.25) is 0 Å². The van der Waals surface area contributed by atoms with Crippen molar-refractivity contribution in [2.45, 2.75) is 44.7 Å². The lowest BCUT2D eigenvalue weighted by Gasteiger charge is -2.31. The highest BCUT2D eigenvalue weighted by atomic mass is 79.9. The number of fused-ring (bicyclic) bond motifs is 1. The van der Waals surface area contributed by atoms with Gasteiger partial charge in [-0.05, 0) is 78.9 Å². The lowest BCUT2D eigenvalue weighted by atomic mass is 9.90. The van der Waals surface area contributed by atoms with E-state index in [9.17, 15) is 4.79 Å². The first kappa shape index (κ1) is 23.1. The summed E-state index contributed by atoms with van der Waals surface area (Å²) in [5.41, 5.74) is 3.21. The summed E-state index contributed by atoms with van der Waals surface area (Å²) in [5, 5.41) is 3.25. The molecule has 36 heavy (non-hydrogen) atoms. The molecule has 0 unspecified atom stereocenters. The maximum absolute atomic E-state index is 12.8. The number of pyridine rings is 2. The van der Waals surface area contributed by atoms with Gasteiger partial charge in [0.25, 0.3) is 5.91 Å². The van der Waals surface area contributed by atoms with E-state index in [4.69, 9.17) is 9.40 Å². The number of hydrogen-bond donors (Lipinski definition) is 1. The molecule has 0 radical (unpaired) electrons. The molecule has 1 N–H and O–H groups in total. The summed E-state index contributed by atoms with van der Waals surface area (Å²) >= 11 is 4.89. The van der Waals surface area contributed by atoms with Crippen LogP contribution in [-0.4, -0.2) is 36.5 Å². The van der Waals surface area contributed by atoms with Gasteiger partial charge in [-0.15, -0.1) is 11.3 Å². The second-order valence-corrected chi connectivity index (χ2v) is 11.4. The van der Waals surface area contributed by atoms with Crippen molar-refractivity contribution < 1.29 is 9.21 Å². The number of halogens is 1. The van der Waals surface area contributed by atoms with Gasteiger partial charge in [-0.2, -0.15) is 0 Å². The topological polar surface area (TPSA) is 98.7 Å². The van der Waals surface area contributed by atoms with E-state index in [1.54, 1.807) is 18.6 Å². The Kier molecular flexibility index (Phi) is 6.14. The third-order valence-electron chi connectivity index (χ3n) is 6.45. The van der Waals surface area contributed by atoms with Gasteiger partial charge in [0.1, 0.15) is 22.7 Å². The zero-order valence-corrected chi connectivity index (χ0v) is 21.9. The summed E-state index contributed by atoms with van der Waals surface area (Å²) < 4.78 is 8.95. The van der Waals surface area contributed by atoms with Gasteiger partial charge in [-0.1, -0.05) is 6.07 Å². The number of nitrogens with one attached hydrogen (secondary N) is 1. The maximum Gasteiger partial charge on any atom is 0.261 e. The maximum atomic E-state index is 12.8. The summed E-state index contributed by atoms with van der Waals surface area (Å²) in [6.45, 7) is 1.86. The Morgan fingerprint density at radius 1 is 1.14 bits per heavy atom. The Labute approximate surface area is 220 Å². The summed E-state index contributed by atoms with van der Waals surface area (Å²) in [6, 6.07) is 11.8. The number of carbonyl (C=O) groups excluding carboxylic acids is 1. The number of aryl methyl sites for hydroxylation is 1. The number of carbonyl (C=O) groups is 1. The van der Waals surface area contributed by atoms with Crippen molar-refractivity contribution in [2.75, 3.05) is 0 Å². The number of rotatable bonds is 5. The molecule has 1 aliphatic rings. The molecule has 1 fully saturated rings. The summed E-state index contributed by atoms with van der Waals surface area (Å²) in [6.07, 6.45) is 8.98. The largest absolute Gasteiger partial charge is 0.440 e. The molecule has 5 heterocycles. The smallest absolute Gasteiger partial charge is 0.261 e. The minimum atomic E-state index is -0.0254. The number of nitrogens with zero attached hydrogens (tertiary/aromatic N) is 5.